The van der Waals surface area contributed by atoms with Gasteiger partial charge in [0, 0.05) is 24.5 Å². The molecule has 18 heavy (non-hydrogen) atoms. The zero-order chi connectivity index (χ0) is 12.5. The van der Waals surface area contributed by atoms with Crippen LogP contribution >= 0.6 is 11.3 Å². The molecule has 2 aromatic rings. The van der Waals surface area contributed by atoms with E-state index in [9.17, 15) is 0 Å². The summed E-state index contributed by atoms with van der Waals surface area (Å²) in [7, 11) is 0. The van der Waals surface area contributed by atoms with Crippen LogP contribution in [0.25, 0.3) is 0 Å². The van der Waals surface area contributed by atoms with Crippen molar-refractivity contribution in [3.8, 4) is 0 Å². The number of aryl methyl sites for hydroxylation is 1. The third-order valence-corrected chi connectivity index (χ3v) is 4.61. The second-order valence-corrected chi connectivity index (χ2v) is 5.79. The highest BCUT2D eigenvalue weighted by atomic mass is 32.1. The molecule has 1 aliphatic rings. The molecular weight excluding hydrogens is 244 g/mol. The van der Waals surface area contributed by atoms with Crippen LogP contribution in [-0.4, -0.2) is 18.0 Å². The van der Waals surface area contributed by atoms with E-state index in [4.69, 9.17) is 10.2 Å². The van der Waals surface area contributed by atoms with Crippen molar-refractivity contribution in [2.45, 2.75) is 25.9 Å². The first-order valence-electron chi connectivity index (χ1n) is 6.33. The lowest BCUT2D eigenvalue weighted by Gasteiger charge is -2.32. The SMILES string of the molecule is Cc1ccc(C(CN)N2CCc3sccc3C2)o1. The quantitative estimate of drug-likeness (QED) is 0.924. The fraction of sp³-hybridized carbons (Fsp3) is 0.429. The minimum atomic E-state index is 0.201. The fourth-order valence-corrected chi connectivity index (χ4v) is 3.50. The van der Waals surface area contributed by atoms with E-state index in [1.807, 2.05) is 24.3 Å². The number of thiophene rings is 1. The van der Waals surface area contributed by atoms with Gasteiger partial charge in [-0.15, -0.1) is 11.3 Å². The Balaban J connectivity index is 1.82. The van der Waals surface area contributed by atoms with Crippen molar-refractivity contribution < 1.29 is 4.42 Å². The van der Waals surface area contributed by atoms with Crippen LogP contribution < -0.4 is 5.73 Å². The lowest BCUT2D eigenvalue weighted by Crippen LogP contribution is -2.37. The van der Waals surface area contributed by atoms with Crippen LogP contribution in [-0.2, 0) is 13.0 Å². The highest BCUT2D eigenvalue weighted by Gasteiger charge is 2.26. The highest BCUT2D eigenvalue weighted by molar-refractivity contribution is 7.10. The maximum Gasteiger partial charge on any atom is 0.122 e. The first-order chi connectivity index (χ1) is 8.78. The molecule has 0 saturated heterocycles. The number of hydrogen-bond donors (Lipinski definition) is 1. The Hall–Kier alpha value is -1.10. The first-order valence-corrected chi connectivity index (χ1v) is 7.21. The fourth-order valence-electron chi connectivity index (χ4n) is 2.61. The molecule has 0 fully saturated rings. The second kappa shape index (κ2) is 4.88. The van der Waals surface area contributed by atoms with Gasteiger partial charge in [0.25, 0.3) is 0 Å². The summed E-state index contributed by atoms with van der Waals surface area (Å²) in [6.07, 6.45) is 1.13. The summed E-state index contributed by atoms with van der Waals surface area (Å²) >= 11 is 1.87. The van der Waals surface area contributed by atoms with Gasteiger partial charge < -0.3 is 10.2 Å². The number of nitrogens with two attached hydrogens (primary N) is 1. The van der Waals surface area contributed by atoms with E-state index in [0.717, 1.165) is 31.0 Å². The second-order valence-electron chi connectivity index (χ2n) is 4.79. The van der Waals surface area contributed by atoms with Crippen LogP contribution in [0.2, 0.25) is 0 Å². The number of furan rings is 1. The number of fused-ring (bicyclic) bond motifs is 1. The summed E-state index contributed by atoms with van der Waals surface area (Å²) in [4.78, 5) is 3.95. The van der Waals surface area contributed by atoms with Crippen molar-refractivity contribution in [1.29, 1.82) is 0 Å². The molecule has 3 nitrogen and oxygen atoms in total. The van der Waals surface area contributed by atoms with Gasteiger partial charge in [0.1, 0.15) is 11.5 Å². The molecule has 4 heteroatoms. The van der Waals surface area contributed by atoms with E-state index in [1.165, 1.54) is 10.4 Å². The van der Waals surface area contributed by atoms with E-state index >= 15 is 0 Å². The van der Waals surface area contributed by atoms with Gasteiger partial charge in [-0.3, -0.25) is 4.90 Å². The van der Waals surface area contributed by atoms with Crippen molar-refractivity contribution in [2.24, 2.45) is 5.73 Å². The molecular formula is C14H18N2OS. The van der Waals surface area contributed by atoms with Crippen molar-refractivity contribution in [3.63, 3.8) is 0 Å². The van der Waals surface area contributed by atoms with Crippen molar-refractivity contribution in [1.82, 2.24) is 4.90 Å². The number of rotatable bonds is 3. The molecule has 1 aliphatic heterocycles. The molecule has 3 heterocycles. The van der Waals surface area contributed by atoms with Gasteiger partial charge in [-0.2, -0.15) is 0 Å². The van der Waals surface area contributed by atoms with Gasteiger partial charge in [0.05, 0.1) is 6.04 Å². The normalized spacial score (nSPS) is 17.7. The van der Waals surface area contributed by atoms with E-state index in [2.05, 4.69) is 22.4 Å². The highest BCUT2D eigenvalue weighted by Crippen LogP contribution is 2.30. The molecule has 1 unspecified atom stereocenters. The average molecular weight is 262 g/mol. The summed E-state index contributed by atoms with van der Waals surface area (Å²) < 4.78 is 5.74. The summed E-state index contributed by atoms with van der Waals surface area (Å²) in [5.41, 5.74) is 7.39. The van der Waals surface area contributed by atoms with Crippen molar-refractivity contribution >= 4 is 11.3 Å². The maximum absolute atomic E-state index is 5.94. The standard InChI is InChI=1S/C14H18N2OS/c1-10-2-3-13(17-10)12(8-15)16-6-4-14-11(9-16)5-7-18-14/h2-3,5,7,12H,4,6,8-9,15H2,1H3. The van der Waals surface area contributed by atoms with Gasteiger partial charge in [-0.05, 0) is 42.5 Å². The van der Waals surface area contributed by atoms with Gasteiger partial charge in [-0.1, -0.05) is 0 Å². The third-order valence-electron chi connectivity index (χ3n) is 3.59. The van der Waals surface area contributed by atoms with Gasteiger partial charge in [0.15, 0.2) is 0 Å². The molecule has 0 radical (unpaired) electrons. The Labute approximate surface area is 111 Å². The molecule has 96 valence electrons. The van der Waals surface area contributed by atoms with Gasteiger partial charge in [0.2, 0.25) is 0 Å². The molecule has 0 aliphatic carbocycles. The van der Waals surface area contributed by atoms with E-state index < -0.39 is 0 Å². The Morgan fingerprint density at radius 1 is 1.44 bits per heavy atom. The van der Waals surface area contributed by atoms with E-state index in [1.54, 1.807) is 0 Å². The summed E-state index contributed by atoms with van der Waals surface area (Å²) in [6.45, 7) is 4.63. The molecule has 2 N–H and O–H groups in total. The molecule has 0 aromatic carbocycles. The lowest BCUT2D eigenvalue weighted by molar-refractivity contribution is 0.163. The Bertz CT molecular complexity index is 531. The van der Waals surface area contributed by atoms with Crippen LogP contribution in [0.1, 0.15) is 28.0 Å². The van der Waals surface area contributed by atoms with E-state index in [-0.39, 0.29) is 6.04 Å². The molecule has 0 saturated carbocycles. The van der Waals surface area contributed by atoms with Crippen LogP contribution in [0.5, 0.6) is 0 Å². The summed E-state index contributed by atoms with van der Waals surface area (Å²) in [5.74, 6) is 1.95. The van der Waals surface area contributed by atoms with Gasteiger partial charge in [-0.25, -0.2) is 0 Å². The van der Waals surface area contributed by atoms with Crippen LogP contribution in [0, 0.1) is 6.92 Å². The van der Waals surface area contributed by atoms with Crippen LogP contribution in [0.3, 0.4) is 0 Å². The van der Waals surface area contributed by atoms with Crippen molar-refractivity contribution in [3.05, 3.63) is 45.5 Å². The molecule has 0 bridgehead atoms. The molecule has 3 rings (SSSR count). The van der Waals surface area contributed by atoms with Crippen LogP contribution in [0.4, 0.5) is 0 Å². The Morgan fingerprint density at radius 2 is 2.33 bits per heavy atom. The smallest absolute Gasteiger partial charge is 0.122 e. The molecule has 2 aromatic heterocycles. The molecule has 0 spiro atoms. The Kier molecular flexibility index (Phi) is 3.24. The average Bonchev–Trinajstić information content (AvgIpc) is 2.99. The third kappa shape index (κ3) is 2.11. The number of hydrogen-bond acceptors (Lipinski definition) is 4. The summed E-state index contributed by atoms with van der Waals surface area (Å²) in [6, 6.07) is 6.49. The van der Waals surface area contributed by atoms with Gasteiger partial charge >= 0.3 is 0 Å². The minimum absolute atomic E-state index is 0.201. The van der Waals surface area contributed by atoms with E-state index in [0.29, 0.717) is 6.54 Å². The minimum Gasteiger partial charge on any atom is -0.465 e. The number of nitrogens with zero attached hydrogens (tertiary/aromatic N) is 1. The Morgan fingerprint density at radius 3 is 3.06 bits per heavy atom. The predicted molar refractivity (Wildman–Crippen MR) is 73.7 cm³/mol. The van der Waals surface area contributed by atoms with Crippen molar-refractivity contribution in [2.75, 3.05) is 13.1 Å². The molecule has 1 atom stereocenters. The largest absolute Gasteiger partial charge is 0.465 e. The molecule has 0 amide bonds. The monoisotopic (exact) mass is 262 g/mol. The predicted octanol–water partition coefficient (Wildman–Crippen LogP) is 2.71. The summed E-state index contributed by atoms with van der Waals surface area (Å²) in [5, 5.41) is 2.18. The lowest BCUT2D eigenvalue weighted by atomic mass is 10.1. The zero-order valence-corrected chi connectivity index (χ0v) is 11.4. The topological polar surface area (TPSA) is 42.4 Å². The zero-order valence-electron chi connectivity index (χ0n) is 10.6. The maximum atomic E-state index is 5.94. The first kappa shape index (κ1) is 12.0. The van der Waals surface area contributed by atoms with Crippen LogP contribution in [0.15, 0.2) is 28.0 Å².